The molecule has 0 bridgehead atoms. The Bertz CT molecular complexity index is 1250. The van der Waals surface area contributed by atoms with E-state index in [2.05, 4.69) is 30.1 Å². The first-order valence-corrected chi connectivity index (χ1v) is 11.3. The minimum absolute atomic E-state index is 0.205. The molecule has 2 amide bonds. The molecule has 12 heteroatoms. The van der Waals surface area contributed by atoms with Gasteiger partial charge in [-0.2, -0.15) is 10.2 Å². The number of hydrazone groups is 1. The summed E-state index contributed by atoms with van der Waals surface area (Å²) in [6.45, 7) is 5.95. The van der Waals surface area contributed by atoms with Gasteiger partial charge in [-0.05, 0) is 25.5 Å². The van der Waals surface area contributed by atoms with Crippen molar-refractivity contribution in [2.45, 2.75) is 26.3 Å². The van der Waals surface area contributed by atoms with E-state index in [0.29, 0.717) is 49.0 Å². The maximum absolute atomic E-state index is 13.6. The van der Waals surface area contributed by atoms with Crippen LogP contribution in [0.4, 0.5) is 15.0 Å². The van der Waals surface area contributed by atoms with Crippen molar-refractivity contribution < 1.29 is 9.18 Å². The molecule has 10 nitrogen and oxygen atoms in total. The molecule has 1 fully saturated rings. The standard InChI is InChI=1S/C22H23ClFN9O/c1-14-21(23)15(2)32(29-14)20-10-19(26-13-27-20)30-5-7-31(8-6-30)22(34)33-18(3-4-28-33)16-9-17(24)12-25-11-16/h4,9-13,18H,3,5-8H2,1-2H3. The highest BCUT2D eigenvalue weighted by atomic mass is 35.5. The van der Waals surface area contributed by atoms with E-state index in [4.69, 9.17) is 11.6 Å². The van der Waals surface area contributed by atoms with Crippen molar-refractivity contribution in [1.82, 2.24) is 34.6 Å². The molecule has 176 valence electrons. The Hall–Kier alpha value is -3.60. The zero-order valence-corrected chi connectivity index (χ0v) is 19.5. The van der Waals surface area contributed by atoms with Gasteiger partial charge in [-0.1, -0.05) is 11.6 Å². The quantitative estimate of drug-likeness (QED) is 0.568. The Balaban J connectivity index is 1.26. The van der Waals surface area contributed by atoms with Crippen molar-refractivity contribution in [2.75, 3.05) is 31.1 Å². The fraction of sp³-hybridized carbons (Fsp3) is 0.364. The lowest BCUT2D eigenvalue weighted by Crippen LogP contribution is -2.52. The molecule has 34 heavy (non-hydrogen) atoms. The summed E-state index contributed by atoms with van der Waals surface area (Å²) in [4.78, 5) is 29.7. The van der Waals surface area contributed by atoms with Crippen molar-refractivity contribution in [3.8, 4) is 5.82 Å². The predicted molar refractivity (Wildman–Crippen MR) is 125 cm³/mol. The van der Waals surface area contributed by atoms with Gasteiger partial charge in [0.05, 0.1) is 28.6 Å². The molecule has 0 saturated carbocycles. The Morgan fingerprint density at radius 1 is 1.09 bits per heavy atom. The van der Waals surface area contributed by atoms with E-state index in [0.717, 1.165) is 23.4 Å². The molecule has 1 unspecified atom stereocenters. The molecule has 0 aromatic carbocycles. The van der Waals surface area contributed by atoms with Gasteiger partial charge in [0.25, 0.3) is 0 Å². The number of piperazine rings is 1. The maximum Gasteiger partial charge on any atom is 0.341 e. The van der Waals surface area contributed by atoms with Crippen LogP contribution in [0, 0.1) is 19.7 Å². The van der Waals surface area contributed by atoms with Gasteiger partial charge in [0.2, 0.25) is 0 Å². The number of amides is 2. The molecule has 1 atom stereocenters. The van der Waals surface area contributed by atoms with Gasteiger partial charge in [-0.25, -0.2) is 28.8 Å². The lowest BCUT2D eigenvalue weighted by molar-refractivity contribution is 0.139. The number of hydrogen-bond donors (Lipinski definition) is 0. The van der Waals surface area contributed by atoms with E-state index < -0.39 is 5.82 Å². The number of aromatic nitrogens is 5. The first kappa shape index (κ1) is 22.2. The van der Waals surface area contributed by atoms with Gasteiger partial charge in [-0.3, -0.25) is 4.98 Å². The zero-order chi connectivity index (χ0) is 23.8. The van der Waals surface area contributed by atoms with Crippen molar-refractivity contribution in [3.63, 3.8) is 0 Å². The van der Waals surface area contributed by atoms with Crippen LogP contribution in [0.3, 0.4) is 0 Å². The largest absolute Gasteiger partial charge is 0.353 e. The smallest absolute Gasteiger partial charge is 0.341 e. The molecular weight excluding hydrogens is 461 g/mol. The second-order valence-electron chi connectivity index (χ2n) is 8.22. The van der Waals surface area contributed by atoms with Crippen LogP contribution in [-0.2, 0) is 0 Å². The molecule has 0 aliphatic carbocycles. The average Bonchev–Trinajstić information content (AvgIpc) is 3.45. The summed E-state index contributed by atoms with van der Waals surface area (Å²) in [6, 6.07) is 2.70. The lowest BCUT2D eigenvalue weighted by atomic mass is 10.1. The Kier molecular flexibility index (Phi) is 5.86. The molecule has 5 rings (SSSR count). The number of pyridine rings is 1. The van der Waals surface area contributed by atoms with Crippen LogP contribution in [0.2, 0.25) is 5.02 Å². The molecule has 2 aliphatic rings. The highest BCUT2D eigenvalue weighted by Gasteiger charge is 2.33. The lowest BCUT2D eigenvalue weighted by Gasteiger charge is -2.37. The summed E-state index contributed by atoms with van der Waals surface area (Å²) in [5.74, 6) is 0.954. The number of anilines is 1. The fourth-order valence-electron chi connectivity index (χ4n) is 4.23. The van der Waals surface area contributed by atoms with Crippen molar-refractivity contribution in [3.05, 3.63) is 58.6 Å². The Morgan fingerprint density at radius 2 is 1.85 bits per heavy atom. The van der Waals surface area contributed by atoms with Crippen LogP contribution < -0.4 is 4.90 Å². The van der Waals surface area contributed by atoms with Crippen molar-refractivity contribution in [2.24, 2.45) is 5.10 Å². The van der Waals surface area contributed by atoms with Crippen LogP contribution in [-0.4, -0.2) is 73.1 Å². The van der Waals surface area contributed by atoms with Crippen LogP contribution in [0.1, 0.15) is 29.4 Å². The van der Waals surface area contributed by atoms with Gasteiger partial charge < -0.3 is 9.80 Å². The van der Waals surface area contributed by atoms with Crippen molar-refractivity contribution >= 4 is 29.7 Å². The van der Waals surface area contributed by atoms with Crippen LogP contribution in [0.25, 0.3) is 5.82 Å². The second kappa shape index (κ2) is 8.98. The fourth-order valence-corrected chi connectivity index (χ4v) is 4.35. The summed E-state index contributed by atoms with van der Waals surface area (Å²) in [7, 11) is 0. The molecule has 0 spiro atoms. The molecule has 3 aromatic rings. The third kappa shape index (κ3) is 4.07. The van der Waals surface area contributed by atoms with Gasteiger partial charge in [-0.15, -0.1) is 0 Å². The zero-order valence-electron chi connectivity index (χ0n) is 18.8. The normalized spacial score (nSPS) is 18.1. The SMILES string of the molecule is Cc1nn(-c2cc(N3CCN(C(=O)N4N=CCC4c4cncc(F)c4)CC3)ncn2)c(C)c1Cl. The summed E-state index contributed by atoms with van der Waals surface area (Å²) < 4.78 is 15.3. The molecular formula is C22H23ClFN9O. The number of halogens is 2. The number of aryl methyl sites for hydroxylation is 1. The van der Waals surface area contributed by atoms with Crippen LogP contribution in [0.15, 0.2) is 36.0 Å². The predicted octanol–water partition coefficient (Wildman–Crippen LogP) is 3.14. The van der Waals surface area contributed by atoms with E-state index in [1.165, 1.54) is 17.4 Å². The van der Waals surface area contributed by atoms with E-state index in [-0.39, 0.29) is 12.1 Å². The van der Waals surface area contributed by atoms with Gasteiger partial charge >= 0.3 is 6.03 Å². The molecule has 5 heterocycles. The van der Waals surface area contributed by atoms with Crippen LogP contribution >= 0.6 is 11.6 Å². The Morgan fingerprint density at radius 3 is 2.56 bits per heavy atom. The number of rotatable bonds is 3. The van der Waals surface area contributed by atoms with Gasteiger partial charge in [0.15, 0.2) is 5.82 Å². The first-order valence-electron chi connectivity index (χ1n) is 10.9. The topological polar surface area (TPSA) is 95.6 Å². The number of hydrogen-bond acceptors (Lipinski definition) is 7. The molecule has 1 saturated heterocycles. The maximum atomic E-state index is 13.6. The van der Waals surface area contributed by atoms with Crippen LogP contribution in [0.5, 0.6) is 0 Å². The summed E-state index contributed by atoms with van der Waals surface area (Å²) >= 11 is 6.28. The number of carbonyl (C=O) groups is 1. The molecule has 0 radical (unpaired) electrons. The molecule has 2 aliphatic heterocycles. The highest BCUT2D eigenvalue weighted by molar-refractivity contribution is 6.31. The summed E-state index contributed by atoms with van der Waals surface area (Å²) in [6.07, 6.45) is 6.42. The summed E-state index contributed by atoms with van der Waals surface area (Å²) in [5.41, 5.74) is 2.18. The van der Waals surface area contributed by atoms with E-state index in [1.807, 2.05) is 19.9 Å². The first-order chi connectivity index (χ1) is 16.4. The highest BCUT2D eigenvalue weighted by Crippen LogP contribution is 2.29. The number of carbonyl (C=O) groups excluding carboxylic acids is 1. The molecule has 3 aromatic heterocycles. The van der Waals surface area contributed by atoms with E-state index in [9.17, 15) is 9.18 Å². The Labute approximate surface area is 200 Å². The third-order valence-corrected chi connectivity index (χ3v) is 6.62. The van der Waals surface area contributed by atoms with Crippen molar-refractivity contribution in [1.29, 1.82) is 0 Å². The minimum Gasteiger partial charge on any atom is -0.353 e. The van der Waals surface area contributed by atoms with E-state index >= 15 is 0 Å². The molecule has 0 N–H and O–H groups in total. The minimum atomic E-state index is -0.433. The third-order valence-electron chi connectivity index (χ3n) is 6.07. The van der Waals surface area contributed by atoms with Gasteiger partial charge in [0, 0.05) is 51.1 Å². The summed E-state index contributed by atoms with van der Waals surface area (Å²) in [5, 5.41) is 10.7. The van der Waals surface area contributed by atoms with Gasteiger partial charge in [0.1, 0.15) is 18.0 Å². The monoisotopic (exact) mass is 483 g/mol. The second-order valence-corrected chi connectivity index (χ2v) is 8.60. The average molecular weight is 484 g/mol. The number of nitrogens with zero attached hydrogens (tertiary/aromatic N) is 9. The number of urea groups is 1. The van der Waals surface area contributed by atoms with E-state index in [1.54, 1.807) is 22.0 Å².